The first kappa shape index (κ1) is 24.3. The largest absolute Gasteiger partial charge is 0.381 e. The molecular weight excluding hydrogens is 658 g/mol. The molecule has 3 aromatic heterocycles. The Morgan fingerprint density at radius 1 is 0.750 bits per heavy atom. The molecule has 179 valence electrons. The Bertz CT molecular complexity index is 1740. The molecule has 0 bridgehead atoms. The zero-order valence-corrected chi connectivity index (χ0v) is 21.6. The van der Waals surface area contributed by atoms with E-state index in [-0.39, 0.29) is 20.1 Å². The van der Waals surface area contributed by atoms with Crippen molar-refractivity contribution in [1.29, 1.82) is 0 Å². The van der Waals surface area contributed by atoms with Crippen LogP contribution < -0.4 is 0 Å². The quantitative estimate of drug-likeness (QED) is 0.129. The third-order valence-corrected chi connectivity index (χ3v) is 6.97. The first-order valence-electron chi connectivity index (χ1n) is 10.8. The van der Waals surface area contributed by atoms with Crippen LogP contribution in [-0.2, 0) is 26.3 Å². The molecule has 0 atom stereocenters. The van der Waals surface area contributed by atoms with Gasteiger partial charge < -0.3 is 9.97 Å². The first-order valence-corrected chi connectivity index (χ1v) is 11.6. The number of alkyl halides is 3. The predicted molar refractivity (Wildman–Crippen MR) is 136 cm³/mol. The normalized spacial score (nSPS) is 11.5. The number of fused-ring (bicyclic) bond motifs is 3. The van der Waals surface area contributed by atoms with Crippen molar-refractivity contribution >= 4 is 53.2 Å². The summed E-state index contributed by atoms with van der Waals surface area (Å²) in [5, 5.41) is 4.03. The SMILES string of the molecule is FC(F)(F)c1c[c-]c2c(c1)c1cccc3sc4ccnc2c4c31.[Ir].[c-]1ccccc1-c1ccccn1. The molecule has 0 saturated heterocycles. The van der Waals surface area contributed by atoms with Crippen molar-refractivity contribution in [2.24, 2.45) is 0 Å². The minimum atomic E-state index is -4.38. The molecule has 0 fully saturated rings. The molecule has 7 heteroatoms. The van der Waals surface area contributed by atoms with Gasteiger partial charge in [0.15, 0.2) is 0 Å². The summed E-state index contributed by atoms with van der Waals surface area (Å²) in [6.45, 7) is 0. The maximum absolute atomic E-state index is 13.1. The Kier molecular flexibility index (Phi) is 6.47. The molecule has 0 aliphatic heterocycles. The number of benzene rings is 4. The molecule has 4 aromatic carbocycles. The van der Waals surface area contributed by atoms with E-state index >= 15 is 0 Å². The summed E-state index contributed by atoms with van der Waals surface area (Å²) < 4.78 is 41.4. The second-order valence-electron chi connectivity index (χ2n) is 7.98. The number of aromatic nitrogens is 2. The summed E-state index contributed by atoms with van der Waals surface area (Å²) in [6.07, 6.45) is -0.892. The molecule has 7 aromatic rings. The molecule has 0 aliphatic rings. The molecule has 7 rings (SSSR count). The number of hydrogen-bond donors (Lipinski definition) is 0. The first-order chi connectivity index (χ1) is 17.0. The Morgan fingerprint density at radius 3 is 2.33 bits per heavy atom. The molecule has 3 heterocycles. The van der Waals surface area contributed by atoms with E-state index in [4.69, 9.17) is 0 Å². The Balaban J connectivity index is 0.000000175. The van der Waals surface area contributed by atoms with Crippen LogP contribution in [0.4, 0.5) is 13.2 Å². The van der Waals surface area contributed by atoms with Gasteiger partial charge in [-0.05, 0) is 45.7 Å². The van der Waals surface area contributed by atoms with Gasteiger partial charge in [-0.25, -0.2) is 0 Å². The maximum atomic E-state index is 13.1. The van der Waals surface area contributed by atoms with Crippen LogP contribution in [0.5, 0.6) is 0 Å². The second-order valence-corrected chi connectivity index (χ2v) is 9.06. The van der Waals surface area contributed by atoms with Crippen LogP contribution in [-0.4, -0.2) is 9.97 Å². The van der Waals surface area contributed by atoms with Crippen molar-refractivity contribution in [2.45, 2.75) is 6.18 Å². The van der Waals surface area contributed by atoms with E-state index in [1.165, 1.54) is 6.07 Å². The monoisotopic (exact) mass is 673 g/mol. The Morgan fingerprint density at radius 2 is 1.58 bits per heavy atom. The van der Waals surface area contributed by atoms with Gasteiger partial charge in [-0.1, -0.05) is 35.0 Å². The molecular formula is C29H15F3IrN2S-2. The fourth-order valence-electron chi connectivity index (χ4n) is 4.32. The van der Waals surface area contributed by atoms with Gasteiger partial charge in [-0.2, -0.15) is 13.2 Å². The summed E-state index contributed by atoms with van der Waals surface area (Å²) in [7, 11) is 0. The fourth-order valence-corrected chi connectivity index (χ4v) is 5.45. The van der Waals surface area contributed by atoms with Crippen molar-refractivity contribution in [3.63, 3.8) is 0 Å². The number of pyridine rings is 2. The van der Waals surface area contributed by atoms with Crippen LogP contribution in [0.2, 0.25) is 0 Å². The summed E-state index contributed by atoms with van der Waals surface area (Å²) >= 11 is 1.63. The standard InChI is InChI=1S/C18H7F3NS.C11H8N.Ir/c19-18(20,21)9-4-5-11-12(8-9)10-2-1-3-13-15(10)16-14(23-13)6-7-22-17(11)16;1-2-6-10(7-3-1)11-8-4-5-9-12-11;/h1-4,6-8H;1-6,8-9H;/q2*-1;. The molecule has 2 nitrogen and oxygen atoms in total. The van der Waals surface area contributed by atoms with Gasteiger partial charge in [-0.15, -0.1) is 70.8 Å². The van der Waals surface area contributed by atoms with Gasteiger partial charge in [0.05, 0.1) is 0 Å². The molecule has 1 radical (unpaired) electrons. The summed E-state index contributed by atoms with van der Waals surface area (Å²) in [6, 6.07) is 29.6. The zero-order chi connectivity index (χ0) is 24.0. The van der Waals surface area contributed by atoms with Crippen molar-refractivity contribution in [2.75, 3.05) is 0 Å². The molecule has 36 heavy (non-hydrogen) atoms. The topological polar surface area (TPSA) is 25.8 Å². The van der Waals surface area contributed by atoms with Crippen molar-refractivity contribution in [1.82, 2.24) is 9.97 Å². The smallest absolute Gasteiger partial charge is 0.305 e. The maximum Gasteiger partial charge on any atom is 0.381 e. The third kappa shape index (κ3) is 4.24. The van der Waals surface area contributed by atoms with E-state index < -0.39 is 11.7 Å². The molecule has 0 N–H and O–H groups in total. The van der Waals surface area contributed by atoms with Gasteiger partial charge in [0, 0.05) is 41.9 Å². The number of nitrogens with zero attached hydrogens (tertiary/aromatic N) is 2. The van der Waals surface area contributed by atoms with Gasteiger partial charge in [0.2, 0.25) is 0 Å². The average molecular weight is 673 g/mol. The summed E-state index contributed by atoms with van der Waals surface area (Å²) in [4.78, 5) is 8.64. The zero-order valence-electron chi connectivity index (χ0n) is 18.4. The van der Waals surface area contributed by atoms with Crippen LogP contribution in [0.3, 0.4) is 0 Å². The molecule has 0 unspecified atom stereocenters. The number of hydrogen-bond acceptors (Lipinski definition) is 3. The number of rotatable bonds is 1. The van der Waals surface area contributed by atoms with Crippen LogP contribution in [0.15, 0.2) is 91.3 Å². The Hall–Kier alpha value is -3.38. The minimum Gasteiger partial charge on any atom is -0.305 e. The van der Waals surface area contributed by atoms with Crippen molar-refractivity contribution < 1.29 is 33.3 Å². The summed E-state index contributed by atoms with van der Waals surface area (Å²) in [5.74, 6) is 0. The van der Waals surface area contributed by atoms with E-state index in [9.17, 15) is 13.2 Å². The molecule has 0 amide bonds. The van der Waals surface area contributed by atoms with Crippen molar-refractivity contribution in [3.8, 4) is 11.3 Å². The fraction of sp³-hybridized carbons (Fsp3) is 0.0345. The van der Waals surface area contributed by atoms with E-state index in [1.54, 1.807) is 23.7 Å². The molecule has 0 aliphatic carbocycles. The van der Waals surface area contributed by atoms with E-state index in [0.29, 0.717) is 10.8 Å². The van der Waals surface area contributed by atoms with Gasteiger partial charge >= 0.3 is 6.18 Å². The van der Waals surface area contributed by atoms with Crippen LogP contribution in [0, 0.1) is 12.1 Å². The van der Waals surface area contributed by atoms with Crippen LogP contribution in [0.25, 0.3) is 53.1 Å². The third-order valence-electron chi connectivity index (χ3n) is 5.85. The average Bonchev–Trinajstić information content (AvgIpc) is 3.28. The van der Waals surface area contributed by atoms with Gasteiger partial charge in [0.25, 0.3) is 0 Å². The van der Waals surface area contributed by atoms with Gasteiger partial charge in [-0.3, -0.25) is 0 Å². The minimum absolute atomic E-state index is 0. The van der Waals surface area contributed by atoms with E-state index in [0.717, 1.165) is 48.4 Å². The van der Waals surface area contributed by atoms with Crippen LogP contribution in [0.1, 0.15) is 5.56 Å². The second kappa shape index (κ2) is 9.58. The number of halogens is 3. The Labute approximate surface area is 222 Å². The molecule has 0 spiro atoms. The van der Waals surface area contributed by atoms with E-state index in [1.807, 2.05) is 66.7 Å². The van der Waals surface area contributed by atoms with Crippen molar-refractivity contribution in [3.05, 3.63) is 109 Å². The number of thiophene rings is 1. The molecule has 0 saturated carbocycles. The predicted octanol–water partition coefficient (Wildman–Crippen LogP) is 8.56. The van der Waals surface area contributed by atoms with Crippen LogP contribution >= 0.6 is 11.3 Å². The van der Waals surface area contributed by atoms with E-state index in [2.05, 4.69) is 22.1 Å². The van der Waals surface area contributed by atoms with Gasteiger partial charge in [0.1, 0.15) is 0 Å². The summed E-state index contributed by atoms with van der Waals surface area (Å²) in [5.41, 5.74) is 2.05.